The Hall–Kier alpha value is -2.32. The van der Waals surface area contributed by atoms with Crippen molar-refractivity contribution in [1.29, 1.82) is 0 Å². The molecule has 1 nitrogen and oxygen atoms in total. The highest BCUT2D eigenvalue weighted by atomic mass is 32.2. The molecule has 0 aliphatic rings. The number of nitrogens with zero attached hydrogens (tertiary/aromatic N) is 1. The van der Waals surface area contributed by atoms with Crippen LogP contribution >= 0.6 is 11.8 Å². The van der Waals surface area contributed by atoms with Crippen molar-refractivity contribution in [1.82, 2.24) is 0 Å². The molecule has 0 unspecified atom stereocenters. The zero-order valence-electron chi connectivity index (χ0n) is 15.6. The van der Waals surface area contributed by atoms with Gasteiger partial charge in [-0.25, -0.2) is 0 Å². The summed E-state index contributed by atoms with van der Waals surface area (Å²) in [6, 6.07) is 27.5. The molecule has 2 heteroatoms. The maximum absolute atomic E-state index is 4.85. The number of hydrogen-bond acceptors (Lipinski definition) is 2. The van der Waals surface area contributed by atoms with Crippen LogP contribution in [0.2, 0.25) is 0 Å². The van der Waals surface area contributed by atoms with Gasteiger partial charge in [-0.15, -0.1) is 11.8 Å². The van der Waals surface area contributed by atoms with E-state index in [2.05, 4.69) is 99.0 Å². The largest absolute Gasteiger partial charge is 0.256 e. The van der Waals surface area contributed by atoms with Gasteiger partial charge in [0.15, 0.2) is 0 Å². The minimum atomic E-state index is 0.00824. The number of aliphatic imine (C=N–C) groups is 1. The van der Waals surface area contributed by atoms with Crippen LogP contribution in [0.4, 0.5) is 5.69 Å². The Morgan fingerprint density at radius 3 is 2.27 bits per heavy atom. The molecule has 132 valence electrons. The molecule has 3 aromatic rings. The van der Waals surface area contributed by atoms with Gasteiger partial charge < -0.3 is 0 Å². The predicted molar refractivity (Wildman–Crippen MR) is 115 cm³/mol. The average molecular weight is 360 g/mol. The van der Waals surface area contributed by atoms with Crippen LogP contribution in [0.25, 0.3) is 0 Å². The first-order chi connectivity index (χ1) is 12.6. The molecule has 0 aromatic heterocycles. The summed E-state index contributed by atoms with van der Waals surface area (Å²) in [5.41, 5.74) is 4.85. The number of hydrogen-bond donors (Lipinski definition) is 0. The van der Waals surface area contributed by atoms with E-state index >= 15 is 0 Å². The minimum absolute atomic E-state index is 0.00824. The second-order valence-corrected chi connectivity index (χ2v) is 7.91. The Balaban J connectivity index is 1.91. The van der Waals surface area contributed by atoms with E-state index < -0.39 is 0 Å². The van der Waals surface area contributed by atoms with Gasteiger partial charge in [0.05, 0.1) is 5.69 Å². The lowest BCUT2D eigenvalue weighted by atomic mass is 9.78. The number of rotatable bonds is 6. The van der Waals surface area contributed by atoms with Gasteiger partial charge in [-0.05, 0) is 41.4 Å². The van der Waals surface area contributed by atoms with Gasteiger partial charge in [0.25, 0.3) is 0 Å². The van der Waals surface area contributed by atoms with E-state index in [1.54, 1.807) is 11.8 Å². The molecule has 0 saturated heterocycles. The Kier molecular flexibility index (Phi) is 5.95. The van der Waals surface area contributed by atoms with E-state index in [9.17, 15) is 0 Å². The lowest BCUT2D eigenvalue weighted by Gasteiger charge is -2.27. The molecule has 0 spiro atoms. The fourth-order valence-corrected chi connectivity index (χ4v) is 3.84. The maximum atomic E-state index is 4.85. The Morgan fingerprint density at radius 1 is 0.846 bits per heavy atom. The second-order valence-electron chi connectivity index (χ2n) is 7.06. The van der Waals surface area contributed by atoms with Crippen LogP contribution in [-0.4, -0.2) is 12.5 Å². The molecule has 3 aromatic carbocycles. The highest BCUT2D eigenvalue weighted by molar-refractivity contribution is 7.98. The summed E-state index contributed by atoms with van der Waals surface area (Å²) in [5, 5.41) is 0. The first-order valence-corrected chi connectivity index (χ1v) is 10.1. The van der Waals surface area contributed by atoms with Gasteiger partial charge in [-0.3, -0.25) is 4.99 Å². The van der Waals surface area contributed by atoms with E-state index in [1.807, 2.05) is 6.21 Å². The molecular weight excluding hydrogens is 334 g/mol. The zero-order chi connectivity index (χ0) is 18.4. The van der Waals surface area contributed by atoms with E-state index in [1.165, 1.54) is 16.0 Å². The van der Waals surface area contributed by atoms with Gasteiger partial charge >= 0.3 is 0 Å². The normalized spacial score (nSPS) is 11.8. The Labute approximate surface area is 161 Å². The van der Waals surface area contributed by atoms with Gasteiger partial charge in [-0.1, -0.05) is 80.6 Å². The summed E-state index contributed by atoms with van der Waals surface area (Å²) in [4.78, 5) is 6.10. The molecule has 0 heterocycles. The second kappa shape index (κ2) is 8.37. The molecule has 26 heavy (non-hydrogen) atoms. The van der Waals surface area contributed by atoms with Crippen LogP contribution in [0.15, 0.2) is 88.8 Å². The Bertz CT molecular complexity index is 881. The van der Waals surface area contributed by atoms with Crippen molar-refractivity contribution in [2.24, 2.45) is 4.99 Å². The molecule has 0 N–H and O–H groups in total. The highest BCUT2D eigenvalue weighted by Crippen LogP contribution is 2.34. The summed E-state index contributed by atoms with van der Waals surface area (Å²) < 4.78 is 0. The highest BCUT2D eigenvalue weighted by Gasteiger charge is 2.23. The van der Waals surface area contributed by atoms with Crippen LogP contribution in [0.5, 0.6) is 0 Å². The molecule has 0 saturated carbocycles. The molecular formula is C24H25NS. The summed E-state index contributed by atoms with van der Waals surface area (Å²) in [6.07, 6.45) is 5.08. The summed E-state index contributed by atoms with van der Waals surface area (Å²) in [5.74, 6) is 0. The molecule has 0 radical (unpaired) electrons. The van der Waals surface area contributed by atoms with E-state index in [0.717, 1.165) is 17.7 Å². The van der Waals surface area contributed by atoms with E-state index in [4.69, 9.17) is 4.99 Å². The third-order valence-electron chi connectivity index (χ3n) is 4.60. The fraction of sp³-hybridized carbons (Fsp3) is 0.208. The smallest absolute Gasteiger partial charge is 0.0667 e. The van der Waals surface area contributed by atoms with Crippen molar-refractivity contribution in [3.05, 3.63) is 95.6 Å². The topological polar surface area (TPSA) is 12.4 Å². The molecule has 0 aliphatic heterocycles. The first-order valence-electron chi connectivity index (χ1n) is 8.91. The van der Waals surface area contributed by atoms with E-state index in [-0.39, 0.29) is 5.41 Å². The summed E-state index contributed by atoms with van der Waals surface area (Å²) >= 11 is 1.75. The lowest BCUT2D eigenvalue weighted by molar-refractivity contribution is 0.523. The molecule has 3 rings (SSSR count). The first kappa shape index (κ1) is 18.5. The monoisotopic (exact) mass is 359 g/mol. The maximum Gasteiger partial charge on any atom is 0.0667 e. The van der Waals surface area contributed by atoms with Crippen LogP contribution in [0, 0.1) is 0 Å². The van der Waals surface area contributed by atoms with Gasteiger partial charge in [0, 0.05) is 16.7 Å². The van der Waals surface area contributed by atoms with Crippen LogP contribution in [0.3, 0.4) is 0 Å². The standard InChI is InChI=1S/C24H25NS/c1-24(2,17-19-11-5-4-6-12-19)21-14-8-9-15-22(21)25-18-20-13-7-10-16-23(20)26-3/h4-16,18H,17H2,1-3H3. The average Bonchev–Trinajstić information content (AvgIpc) is 2.67. The predicted octanol–water partition coefficient (Wildman–Crippen LogP) is 6.68. The number of benzene rings is 3. The van der Waals surface area contributed by atoms with Crippen LogP contribution in [0.1, 0.15) is 30.5 Å². The van der Waals surface area contributed by atoms with Crippen molar-refractivity contribution in [2.45, 2.75) is 30.6 Å². The molecule has 0 fully saturated rings. The van der Waals surface area contributed by atoms with Crippen LogP contribution in [-0.2, 0) is 11.8 Å². The number of para-hydroxylation sites is 1. The summed E-state index contributed by atoms with van der Waals surface area (Å²) in [6.45, 7) is 4.59. The van der Waals surface area contributed by atoms with Crippen molar-refractivity contribution in [3.8, 4) is 0 Å². The quantitative estimate of drug-likeness (QED) is 0.353. The Morgan fingerprint density at radius 2 is 1.50 bits per heavy atom. The minimum Gasteiger partial charge on any atom is -0.256 e. The molecule has 0 atom stereocenters. The molecule has 0 amide bonds. The van der Waals surface area contributed by atoms with Gasteiger partial charge in [0.2, 0.25) is 0 Å². The zero-order valence-corrected chi connectivity index (χ0v) is 16.5. The molecule has 0 aliphatic carbocycles. The van der Waals surface area contributed by atoms with Crippen molar-refractivity contribution in [2.75, 3.05) is 6.26 Å². The third-order valence-corrected chi connectivity index (χ3v) is 5.42. The third kappa shape index (κ3) is 4.44. The SMILES string of the molecule is CSc1ccccc1C=Nc1ccccc1C(C)(C)Cc1ccccc1. The van der Waals surface area contributed by atoms with Crippen molar-refractivity contribution in [3.63, 3.8) is 0 Å². The fourth-order valence-electron chi connectivity index (χ4n) is 3.27. The van der Waals surface area contributed by atoms with Crippen molar-refractivity contribution < 1.29 is 0 Å². The lowest BCUT2D eigenvalue weighted by Crippen LogP contribution is -2.20. The summed E-state index contributed by atoms with van der Waals surface area (Å²) in [7, 11) is 0. The van der Waals surface area contributed by atoms with Crippen molar-refractivity contribution >= 4 is 23.7 Å². The van der Waals surface area contributed by atoms with Gasteiger partial charge in [0.1, 0.15) is 0 Å². The van der Waals surface area contributed by atoms with Crippen LogP contribution < -0.4 is 0 Å². The van der Waals surface area contributed by atoms with E-state index in [0.29, 0.717) is 0 Å². The van der Waals surface area contributed by atoms with Gasteiger partial charge in [-0.2, -0.15) is 0 Å². The molecule has 0 bridgehead atoms. The number of thioether (sulfide) groups is 1.